The Morgan fingerprint density at radius 1 is 1.44 bits per heavy atom. The molecule has 0 aliphatic carbocycles. The molecule has 25 heavy (non-hydrogen) atoms. The van der Waals surface area contributed by atoms with Crippen LogP contribution in [0.25, 0.3) is 0 Å². The van der Waals surface area contributed by atoms with E-state index in [0.717, 1.165) is 11.1 Å². The summed E-state index contributed by atoms with van der Waals surface area (Å²) in [5, 5.41) is 12.7. The van der Waals surface area contributed by atoms with Crippen molar-refractivity contribution in [2.75, 3.05) is 14.2 Å². The number of nitrogens with one attached hydrogen (secondary N) is 1. The number of carbonyl (C=O) groups excluding carboxylic acids is 1. The number of pyridine rings is 1. The predicted octanol–water partition coefficient (Wildman–Crippen LogP) is 2.02. The normalized spacial score (nSPS) is 19.7. The number of amides is 1. The highest BCUT2D eigenvalue weighted by atomic mass is 16.5. The lowest BCUT2D eigenvalue weighted by Crippen LogP contribution is -2.34. The molecule has 1 aromatic carbocycles. The predicted molar refractivity (Wildman–Crippen MR) is 92.7 cm³/mol. The van der Waals surface area contributed by atoms with Crippen LogP contribution in [0.1, 0.15) is 29.2 Å². The van der Waals surface area contributed by atoms with Crippen molar-refractivity contribution in [1.82, 2.24) is 15.2 Å². The minimum absolute atomic E-state index is 0.00524. The highest BCUT2D eigenvalue weighted by Gasteiger charge is 2.38. The Balaban J connectivity index is 1.76. The van der Waals surface area contributed by atoms with Gasteiger partial charge in [0.25, 0.3) is 0 Å². The summed E-state index contributed by atoms with van der Waals surface area (Å²) < 4.78 is 5.17. The molecule has 1 aliphatic heterocycles. The van der Waals surface area contributed by atoms with Crippen molar-refractivity contribution in [2.24, 2.45) is 0 Å². The molecular weight excluding hydrogens is 316 g/mol. The van der Waals surface area contributed by atoms with Gasteiger partial charge in [-0.05, 0) is 29.3 Å². The summed E-state index contributed by atoms with van der Waals surface area (Å²) in [4.78, 5) is 18.1. The van der Waals surface area contributed by atoms with Crippen LogP contribution in [0.3, 0.4) is 0 Å². The summed E-state index contributed by atoms with van der Waals surface area (Å²) in [6.45, 7) is 0.571. The number of ether oxygens (including phenoxy) is 1. The fourth-order valence-corrected chi connectivity index (χ4v) is 3.26. The molecule has 128 valence electrons. The molecule has 6 heteroatoms. The van der Waals surface area contributed by atoms with Crippen LogP contribution >= 0.6 is 0 Å². The van der Waals surface area contributed by atoms with Crippen molar-refractivity contribution in [1.29, 1.82) is 5.26 Å². The molecule has 0 unspecified atom stereocenters. The average molecular weight is 336 g/mol. The Morgan fingerprint density at radius 3 is 2.96 bits per heavy atom. The minimum atomic E-state index is -0.0464. The second-order valence-corrected chi connectivity index (χ2v) is 6.07. The van der Waals surface area contributed by atoms with Gasteiger partial charge < -0.3 is 15.0 Å². The fraction of sp³-hybridized carbons (Fsp3) is 0.316. The first-order valence-electron chi connectivity index (χ1n) is 8.10. The maximum absolute atomic E-state index is 12.2. The molecule has 1 saturated heterocycles. The highest BCUT2D eigenvalue weighted by molar-refractivity contribution is 5.80. The summed E-state index contributed by atoms with van der Waals surface area (Å²) in [6.07, 6.45) is 3.97. The Bertz CT molecular complexity index is 801. The van der Waals surface area contributed by atoms with Crippen molar-refractivity contribution in [3.8, 4) is 11.8 Å². The zero-order valence-corrected chi connectivity index (χ0v) is 14.3. The molecule has 3 rings (SSSR count). The zero-order valence-electron chi connectivity index (χ0n) is 14.3. The molecule has 1 fully saturated rings. The molecule has 0 spiro atoms. The molecule has 0 saturated carbocycles. The summed E-state index contributed by atoms with van der Waals surface area (Å²) >= 11 is 0. The molecule has 2 atom stereocenters. The van der Waals surface area contributed by atoms with Gasteiger partial charge >= 0.3 is 0 Å². The Labute approximate surface area is 147 Å². The van der Waals surface area contributed by atoms with Crippen molar-refractivity contribution < 1.29 is 9.53 Å². The topological polar surface area (TPSA) is 78.2 Å². The van der Waals surface area contributed by atoms with E-state index in [9.17, 15) is 10.1 Å². The maximum Gasteiger partial charge on any atom is 0.224 e. The summed E-state index contributed by atoms with van der Waals surface area (Å²) in [6, 6.07) is 11.5. The molecule has 1 N–H and O–H groups in total. The van der Waals surface area contributed by atoms with Crippen LogP contribution in [-0.2, 0) is 11.3 Å². The molecular formula is C19H20N4O2. The van der Waals surface area contributed by atoms with Crippen LogP contribution in [0.15, 0.2) is 42.7 Å². The van der Waals surface area contributed by atoms with Crippen molar-refractivity contribution >= 4 is 5.91 Å². The van der Waals surface area contributed by atoms with Crippen molar-refractivity contribution in [3.63, 3.8) is 0 Å². The lowest BCUT2D eigenvalue weighted by atomic mass is 10.0. The van der Waals surface area contributed by atoms with E-state index in [0.29, 0.717) is 24.3 Å². The van der Waals surface area contributed by atoms with E-state index in [1.165, 1.54) is 0 Å². The van der Waals surface area contributed by atoms with Gasteiger partial charge in [-0.15, -0.1) is 0 Å². The fourth-order valence-electron chi connectivity index (χ4n) is 3.26. The molecule has 2 aromatic rings. The van der Waals surface area contributed by atoms with Gasteiger partial charge in [-0.3, -0.25) is 9.78 Å². The van der Waals surface area contributed by atoms with Gasteiger partial charge in [-0.2, -0.15) is 5.26 Å². The standard InChI is InChI=1S/C19H20N4O2/c1-23-18(24)9-16(19(23)14-4-3-7-21-12-14)22-11-13-5-6-17(25-2)15(8-13)10-20/h3-8,12,16,19,22H,9,11H2,1-2H3/t16-,19+/m1/s1. The molecule has 0 radical (unpaired) electrons. The van der Waals surface area contributed by atoms with E-state index in [1.54, 1.807) is 30.5 Å². The number of likely N-dealkylation sites (N-methyl/N-ethyl adjacent to an activating group) is 1. The SMILES string of the molecule is COc1ccc(CN[C@@H]2CC(=O)N(C)[C@H]2c2cccnc2)cc1C#N. The third kappa shape index (κ3) is 3.47. The van der Waals surface area contributed by atoms with E-state index in [1.807, 2.05) is 31.3 Å². The molecule has 1 aromatic heterocycles. The van der Waals surface area contributed by atoms with E-state index in [4.69, 9.17) is 4.74 Å². The van der Waals surface area contributed by atoms with Gasteiger partial charge in [0.15, 0.2) is 0 Å². The Hall–Kier alpha value is -2.91. The summed E-state index contributed by atoms with van der Waals surface area (Å²) in [7, 11) is 3.37. The molecule has 0 bridgehead atoms. The average Bonchev–Trinajstić information content (AvgIpc) is 2.94. The van der Waals surface area contributed by atoms with Crippen LogP contribution in [0, 0.1) is 11.3 Å². The van der Waals surface area contributed by atoms with Gasteiger partial charge in [0.1, 0.15) is 11.8 Å². The van der Waals surface area contributed by atoms with Crippen molar-refractivity contribution in [3.05, 3.63) is 59.4 Å². The van der Waals surface area contributed by atoms with E-state index in [-0.39, 0.29) is 18.0 Å². The van der Waals surface area contributed by atoms with Gasteiger partial charge in [-0.1, -0.05) is 12.1 Å². The summed E-state index contributed by atoms with van der Waals surface area (Å²) in [5.41, 5.74) is 2.50. The second-order valence-electron chi connectivity index (χ2n) is 6.07. The number of hydrogen-bond donors (Lipinski definition) is 1. The first kappa shape index (κ1) is 16.9. The van der Waals surface area contributed by atoms with Gasteiger partial charge in [0.2, 0.25) is 5.91 Å². The number of likely N-dealkylation sites (tertiary alicyclic amines) is 1. The number of rotatable bonds is 5. The third-order valence-electron chi connectivity index (χ3n) is 4.56. The van der Waals surface area contributed by atoms with Gasteiger partial charge in [0, 0.05) is 38.4 Å². The largest absolute Gasteiger partial charge is 0.495 e. The summed E-state index contributed by atoms with van der Waals surface area (Å²) in [5.74, 6) is 0.675. The first-order chi connectivity index (χ1) is 12.1. The number of nitrogens with zero attached hydrogens (tertiary/aromatic N) is 3. The highest BCUT2D eigenvalue weighted by Crippen LogP contribution is 2.31. The zero-order chi connectivity index (χ0) is 17.8. The molecule has 2 heterocycles. The number of carbonyl (C=O) groups is 1. The smallest absolute Gasteiger partial charge is 0.224 e. The van der Waals surface area contributed by atoms with E-state index in [2.05, 4.69) is 16.4 Å². The number of nitriles is 1. The first-order valence-corrected chi connectivity index (χ1v) is 8.10. The van der Waals surface area contributed by atoms with Crippen molar-refractivity contribution in [2.45, 2.75) is 25.0 Å². The van der Waals surface area contributed by atoms with Gasteiger partial charge in [0.05, 0.1) is 18.7 Å². The molecule has 6 nitrogen and oxygen atoms in total. The van der Waals surface area contributed by atoms with Crippen LogP contribution in [0.4, 0.5) is 0 Å². The maximum atomic E-state index is 12.2. The van der Waals surface area contributed by atoms with E-state index >= 15 is 0 Å². The van der Waals surface area contributed by atoms with Crippen LogP contribution in [-0.4, -0.2) is 36.0 Å². The Kier molecular flexibility index (Phi) is 4.96. The third-order valence-corrected chi connectivity index (χ3v) is 4.56. The monoisotopic (exact) mass is 336 g/mol. The number of methoxy groups -OCH3 is 1. The lowest BCUT2D eigenvalue weighted by molar-refractivity contribution is -0.127. The molecule has 1 aliphatic rings. The minimum Gasteiger partial charge on any atom is -0.495 e. The number of aromatic nitrogens is 1. The quantitative estimate of drug-likeness (QED) is 0.904. The van der Waals surface area contributed by atoms with E-state index < -0.39 is 0 Å². The van der Waals surface area contributed by atoms with Crippen LogP contribution in [0.2, 0.25) is 0 Å². The lowest BCUT2D eigenvalue weighted by Gasteiger charge is -2.25. The number of hydrogen-bond acceptors (Lipinski definition) is 5. The number of benzene rings is 1. The van der Waals surface area contributed by atoms with Crippen LogP contribution in [0.5, 0.6) is 5.75 Å². The Morgan fingerprint density at radius 2 is 2.28 bits per heavy atom. The molecule has 1 amide bonds. The second kappa shape index (κ2) is 7.32. The van der Waals surface area contributed by atoms with Gasteiger partial charge in [-0.25, -0.2) is 0 Å². The van der Waals surface area contributed by atoms with Crippen LogP contribution < -0.4 is 10.1 Å².